The topological polar surface area (TPSA) is 52.6 Å². The fraction of sp³-hybridized carbons (Fsp3) is 0.533. The molecule has 0 saturated carbocycles. The summed E-state index contributed by atoms with van der Waals surface area (Å²) >= 11 is 0. The summed E-state index contributed by atoms with van der Waals surface area (Å²) in [4.78, 5) is 14.4. The highest BCUT2D eigenvalue weighted by molar-refractivity contribution is 5.87. The number of amides is 1. The fourth-order valence-corrected chi connectivity index (χ4v) is 3.08. The molecule has 19 heavy (non-hydrogen) atoms. The van der Waals surface area contributed by atoms with Gasteiger partial charge in [0.15, 0.2) is 0 Å². The zero-order valence-electron chi connectivity index (χ0n) is 11.0. The lowest BCUT2D eigenvalue weighted by atomic mass is 9.98. The van der Waals surface area contributed by atoms with Crippen LogP contribution in [0.3, 0.4) is 0 Å². The summed E-state index contributed by atoms with van der Waals surface area (Å²) < 4.78 is 0. The normalized spacial score (nSPS) is 25.8. The van der Waals surface area contributed by atoms with Gasteiger partial charge in [-0.3, -0.25) is 4.79 Å². The number of carbonyl (C=O) groups excluding carboxylic acids is 1. The van der Waals surface area contributed by atoms with Crippen LogP contribution in [0.2, 0.25) is 0 Å². The number of carbonyl (C=O) groups is 1. The molecule has 2 atom stereocenters. The molecule has 2 N–H and O–H groups in total. The van der Waals surface area contributed by atoms with Crippen LogP contribution in [0.25, 0.3) is 0 Å². The molecule has 4 heteroatoms. The van der Waals surface area contributed by atoms with Crippen LogP contribution in [0.1, 0.15) is 18.4 Å². The summed E-state index contributed by atoms with van der Waals surface area (Å²) in [5.41, 5.74) is 2.30. The Bertz CT molecular complexity index is 450. The van der Waals surface area contributed by atoms with Crippen molar-refractivity contribution in [3.63, 3.8) is 0 Å². The molecule has 0 bridgehead atoms. The molecule has 0 aliphatic carbocycles. The molecule has 1 amide bonds. The number of anilines is 1. The molecular weight excluding hydrogens is 240 g/mol. The largest absolute Gasteiger partial charge is 0.396 e. The highest BCUT2D eigenvalue weighted by Crippen LogP contribution is 2.27. The van der Waals surface area contributed by atoms with E-state index in [2.05, 4.69) is 11.4 Å². The summed E-state index contributed by atoms with van der Waals surface area (Å²) in [5.74, 6) is 0.427. The van der Waals surface area contributed by atoms with Crippen LogP contribution in [0.15, 0.2) is 24.3 Å². The van der Waals surface area contributed by atoms with Crippen molar-refractivity contribution in [2.45, 2.75) is 25.3 Å². The Morgan fingerprint density at radius 3 is 3.05 bits per heavy atom. The van der Waals surface area contributed by atoms with Crippen LogP contribution >= 0.6 is 0 Å². The zero-order chi connectivity index (χ0) is 13.2. The summed E-state index contributed by atoms with van der Waals surface area (Å²) in [7, 11) is 0. The molecular formula is C15H20N2O2. The van der Waals surface area contributed by atoms with E-state index in [0.717, 1.165) is 31.5 Å². The van der Waals surface area contributed by atoms with Crippen LogP contribution in [0.4, 0.5) is 5.69 Å². The first-order valence-corrected chi connectivity index (χ1v) is 7.02. The van der Waals surface area contributed by atoms with Gasteiger partial charge in [-0.1, -0.05) is 18.2 Å². The number of para-hydroxylation sites is 1. The van der Waals surface area contributed by atoms with Crippen molar-refractivity contribution >= 4 is 11.6 Å². The molecule has 1 aromatic carbocycles. The van der Waals surface area contributed by atoms with Gasteiger partial charge in [0.05, 0.1) is 0 Å². The lowest BCUT2D eigenvalue weighted by Gasteiger charge is -2.33. The molecule has 1 aromatic rings. The molecule has 102 valence electrons. The van der Waals surface area contributed by atoms with Crippen LogP contribution in [0, 0.1) is 5.92 Å². The second kappa shape index (κ2) is 5.21. The van der Waals surface area contributed by atoms with E-state index in [-0.39, 0.29) is 24.5 Å². The molecule has 0 aromatic heterocycles. The first kappa shape index (κ1) is 12.5. The summed E-state index contributed by atoms with van der Waals surface area (Å²) in [6.45, 7) is 1.70. The average Bonchev–Trinajstić information content (AvgIpc) is 2.90. The number of aliphatic hydroxyl groups excluding tert-OH is 1. The van der Waals surface area contributed by atoms with Gasteiger partial charge in [-0.25, -0.2) is 0 Å². The molecule has 0 radical (unpaired) electrons. The van der Waals surface area contributed by atoms with Gasteiger partial charge < -0.3 is 15.3 Å². The third kappa shape index (κ3) is 2.45. The molecule has 4 nitrogen and oxygen atoms in total. The van der Waals surface area contributed by atoms with Gasteiger partial charge in [-0.15, -0.1) is 0 Å². The summed E-state index contributed by atoms with van der Waals surface area (Å²) in [5, 5.41) is 12.6. The standard InChI is InChI=1S/C15H20N2O2/c18-10-11-4-3-7-17(9-11)15(19)14-8-12-5-1-2-6-13(12)16-14/h1-2,5-6,11,14,16,18H,3-4,7-10H2/t11-,14-/m1/s1. The number of hydrogen-bond acceptors (Lipinski definition) is 3. The second-order valence-corrected chi connectivity index (χ2v) is 5.53. The van der Waals surface area contributed by atoms with E-state index < -0.39 is 0 Å². The van der Waals surface area contributed by atoms with E-state index in [1.807, 2.05) is 23.1 Å². The lowest BCUT2D eigenvalue weighted by Crippen LogP contribution is -2.47. The van der Waals surface area contributed by atoms with Crippen molar-refractivity contribution in [2.75, 3.05) is 25.0 Å². The van der Waals surface area contributed by atoms with Crippen LogP contribution in [-0.2, 0) is 11.2 Å². The van der Waals surface area contributed by atoms with Crippen molar-refractivity contribution in [2.24, 2.45) is 5.92 Å². The van der Waals surface area contributed by atoms with E-state index in [1.54, 1.807) is 0 Å². The monoisotopic (exact) mass is 260 g/mol. The molecule has 1 fully saturated rings. The van der Waals surface area contributed by atoms with Gasteiger partial charge in [0, 0.05) is 31.8 Å². The van der Waals surface area contributed by atoms with E-state index in [9.17, 15) is 9.90 Å². The van der Waals surface area contributed by atoms with Gasteiger partial charge >= 0.3 is 0 Å². The number of hydrogen-bond donors (Lipinski definition) is 2. The van der Waals surface area contributed by atoms with E-state index in [1.165, 1.54) is 5.56 Å². The third-order valence-corrected chi connectivity index (χ3v) is 4.16. The number of likely N-dealkylation sites (tertiary alicyclic amines) is 1. The molecule has 0 spiro atoms. The van der Waals surface area contributed by atoms with Crippen LogP contribution in [-0.4, -0.2) is 41.7 Å². The van der Waals surface area contributed by atoms with Gasteiger partial charge in [0.1, 0.15) is 6.04 Å². The quantitative estimate of drug-likeness (QED) is 0.841. The Labute approximate surface area is 113 Å². The number of nitrogens with one attached hydrogen (secondary N) is 1. The minimum atomic E-state index is -0.130. The maximum absolute atomic E-state index is 12.5. The van der Waals surface area contributed by atoms with E-state index in [0.29, 0.717) is 6.54 Å². The Balaban J connectivity index is 1.66. The van der Waals surface area contributed by atoms with Gasteiger partial charge in [0.2, 0.25) is 5.91 Å². The van der Waals surface area contributed by atoms with Crippen molar-refractivity contribution < 1.29 is 9.90 Å². The highest BCUT2D eigenvalue weighted by Gasteiger charge is 2.32. The number of rotatable bonds is 2. The third-order valence-electron chi connectivity index (χ3n) is 4.16. The predicted molar refractivity (Wildman–Crippen MR) is 73.9 cm³/mol. The smallest absolute Gasteiger partial charge is 0.245 e. The van der Waals surface area contributed by atoms with Crippen molar-refractivity contribution in [3.05, 3.63) is 29.8 Å². The Morgan fingerprint density at radius 1 is 1.42 bits per heavy atom. The zero-order valence-corrected chi connectivity index (χ0v) is 11.0. The van der Waals surface area contributed by atoms with Crippen LogP contribution < -0.4 is 5.32 Å². The van der Waals surface area contributed by atoms with Crippen molar-refractivity contribution in [1.29, 1.82) is 0 Å². The average molecular weight is 260 g/mol. The maximum atomic E-state index is 12.5. The Morgan fingerprint density at radius 2 is 2.26 bits per heavy atom. The maximum Gasteiger partial charge on any atom is 0.245 e. The second-order valence-electron chi connectivity index (χ2n) is 5.53. The van der Waals surface area contributed by atoms with Gasteiger partial charge in [-0.05, 0) is 30.4 Å². The summed E-state index contributed by atoms with van der Waals surface area (Å²) in [6, 6.07) is 7.96. The van der Waals surface area contributed by atoms with Crippen molar-refractivity contribution in [3.8, 4) is 0 Å². The number of aliphatic hydroxyl groups is 1. The number of fused-ring (bicyclic) bond motifs is 1. The molecule has 3 rings (SSSR count). The SMILES string of the molecule is O=C([C@H]1Cc2ccccc2N1)N1CCC[C@@H](CO)C1. The number of piperidine rings is 1. The summed E-state index contributed by atoms with van der Waals surface area (Å²) in [6.07, 6.45) is 2.80. The number of nitrogens with zero attached hydrogens (tertiary/aromatic N) is 1. The van der Waals surface area contributed by atoms with Gasteiger partial charge in [-0.2, -0.15) is 0 Å². The lowest BCUT2D eigenvalue weighted by molar-refractivity contribution is -0.134. The Hall–Kier alpha value is -1.55. The molecule has 2 aliphatic heterocycles. The molecule has 1 saturated heterocycles. The first-order valence-electron chi connectivity index (χ1n) is 7.02. The first-order chi connectivity index (χ1) is 9.28. The molecule has 2 heterocycles. The Kier molecular flexibility index (Phi) is 3.42. The highest BCUT2D eigenvalue weighted by atomic mass is 16.3. The van der Waals surface area contributed by atoms with E-state index in [4.69, 9.17) is 0 Å². The van der Waals surface area contributed by atoms with Crippen molar-refractivity contribution in [1.82, 2.24) is 4.90 Å². The van der Waals surface area contributed by atoms with Gasteiger partial charge in [0.25, 0.3) is 0 Å². The minimum Gasteiger partial charge on any atom is -0.396 e. The van der Waals surface area contributed by atoms with E-state index >= 15 is 0 Å². The van der Waals surface area contributed by atoms with Crippen LogP contribution in [0.5, 0.6) is 0 Å². The predicted octanol–water partition coefficient (Wildman–Crippen LogP) is 1.25. The molecule has 0 unspecified atom stereocenters. The minimum absolute atomic E-state index is 0.130. The fourth-order valence-electron chi connectivity index (χ4n) is 3.08. The molecule has 2 aliphatic rings. The number of benzene rings is 1.